The molecule has 0 aliphatic carbocycles. The zero-order valence-corrected chi connectivity index (χ0v) is 10.9. The number of thioether (sulfide) groups is 1. The molecule has 7 heteroatoms. The smallest absolute Gasteiger partial charge is 0.327 e. The van der Waals surface area contributed by atoms with Gasteiger partial charge in [0.1, 0.15) is 6.04 Å². The Hall–Kier alpha value is -1.24. The van der Waals surface area contributed by atoms with E-state index < -0.39 is 23.2 Å². The van der Waals surface area contributed by atoms with Crippen LogP contribution in [0.25, 0.3) is 0 Å². The number of rotatable bonds is 7. The molecular formula is C10H17NO5S. The van der Waals surface area contributed by atoms with E-state index >= 15 is 0 Å². The van der Waals surface area contributed by atoms with Crippen molar-refractivity contribution in [3.05, 3.63) is 0 Å². The lowest BCUT2D eigenvalue weighted by atomic mass is 10.3. The molecule has 2 atom stereocenters. The molecule has 0 heterocycles. The summed E-state index contributed by atoms with van der Waals surface area (Å²) < 4.78 is 4.78. The number of hydrogen-bond donors (Lipinski definition) is 2. The molecule has 0 saturated carbocycles. The van der Waals surface area contributed by atoms with Gasteiger partial charge in [-0.05, 0) is 13.8 Å². The quantitative estimate of drug-likeness (QED) is 0.640. The fraction of sp³-hybridized carbons (Fsp3) is 0.700. The van der Waals surface area contributed by atoms with Crippen LogP contribution in [0.1, 0.15) is 20.8 Å². The number of hydrogen-bond acceptors (Lipinski definition) is 5. The molecule has 0 fully saturated rings. The highest BCUT2D eigenvalue weighted by atomic mass is 32.2. The molecule has 0 aromatic carbocycles. The van der Waals surface area contributed by atoms with Gasteiger partial charge < -0.3 is 15.2 Å². The summed E-state index contributed by atoms with van der Waals surface area (Å²) in [5, 5.41) is 10.7. The molecule has 0 aliphatic heterocycles. The molecule has 0 aliphatic rings. The van der Waals surface area contributed by atoms with E-state index in [0.717, 1.165) is 11.8 Å². The van der Waals surface area contributed by atoms with Crippen molar-refractivity contribution in [3.63, 3.8) is 0 Å². The number of nitrogens with one attached hydrogen (secondary N) is 1. The van der Waals surface area contributed by atoms with Crippen molar-refractivity contribution in [3.8, 4) is 0 Å². The number of carbonyl (C=O) groups excluding carboxylic acids is 2. The Morgan fingerprint density at radius 1 is 1.41 bits per heavy atom. The summed E-state index contributed by atoms with van der Waals surface area (Å²) in [6.45, 7) is 4.87. The van der Waals surface area contributed by atoms with Crippen LogP contribution in [-0.2, 0) is 19.1 Å². The zero-order valence-electron chi connectivity index (χ0n) is 10.1. The molecule has 2 N–H and O–H groups in total. The van der Waals surface area contributed by atoms with Gasteiger partial charge in [0.25, 0.3) is 0 Å². The normalized spacial score (nSPS) is 13.6. The predicted molar refractivity (Wildman–Crippen MR) is 63.8 cm³/mol. The van der Waals surface area contributed by atoms with Crippen LogP contribution in [-0.4, -0.2) is 46.6 Å². The van der Waals surface area contributed by atoms with E-state index in [1.54, 1.807) is 13.8 Å². The van der Waals surface area contributed by atoms with Crippen molar-refractivity contribution < 1.29 is 24.2 Å². The maximum Gasteiger partial charge on any atom is 0.327 e. The van der Waals surface area contributed by atoms with E-state index in [0.29, 0.717) is 0 Å². The zero-order chi connectivity index (χ0) is 13.4. The molecule has 0 rings (SSSR count). The molecule has 98 valence electrons. The van der Waals surface area contributed by atoms with E-state index in [4.69, 9.17) is 9.84 Å². The van der Waals surface area contributed by atoms with Crippen LogP contribution < -0.4 is 5.32 Å². The standard InChI is InChI=1S/C10H17NO5S/c1-4-16-10(15)6(2)17-5-8(9(13)14)11-7(3)12/h6,8H,4-5H2,1-3H3,(H,11,12)(H,13,14)/t6?,8-/m0/s1. The highest BCUT2D eigenvalue weighted by molar-refractivity contribution is 8.00. The SMILES string of the molecule is CCOC(=O)C(C)SC[C@H](NC(C)=O)C(=O)O. The Balaban J connectivity index is 4.16. The first kappa shape index (κ1) is 15.8. The molecule has 17 heavy (non-hydrogen) atoms. The van der Waals surface area contributed by atoms with Crippen LogP contribution >= 0.6 is 11.8 Å². The van der Waals surface area contributed by atoms with Crippen LogP contribution in [0.4, 0.5) is 0 Å². The Kier molecular flexibility index (Phi) is 7.36. The van der Waals surface area contributed by atoms with E-state index in [2.05, 4.69) is 5.32 Å². The van der Waals surface area contributed by atoms with Crippen molar-refractivity contribution in [1.82, 2.24) is 5.32 Å². The molecule has 1 unspecified atom stereocenters. The summed E-state index contributed by atoms with van der Waals surface area (Å²) in [5.41, 5.74) is 0. The van der Waals surface area contributed by atoms with E-state index in [-0.39, 0.29) is 18.3 Å². The summed E-state index contributed by atoms with van der Waals surface area (Å²) in [7, 11) is 0. The molecule has 0 saturated heterocycles. The van der Waals surface area contributed by atoms with Gasteiger partial charge in [0.15, 0.2) is 0 Å². The van der Waals surface area contributed by atoms with Crippen LogP contribution in [0.15, 0.2) is 0 Å². The third-order valence-electron chi connectivity index (χ3n) is 1.81. The second-order valence-corrected chi connectivity index (χ2v) is 4.69. The fourth-order valence-corrected chi connectivity index (χ4v) is 1.90. The van der Waals surface area contributed by atoms with Gasteiger partial charge in [-0.1, -0.05) is 0 Å². The Morgan fingerprint density at radius 2 is 2.00 bits per heavy atom. The molecular weight excluding hydrogens is 246 g/mol. The van der Waals surface area contributed by atoms with Gasteiger partial charge in [0.2, 0.25) is 5.91 Å². The molecule has 0 aromatic heterocycles. The number of ether oxygens (including phenoxy) is 1. The lowest BCUT2D eigenvalue weighted by Crippen LogP contribution is -2.42. The van der Waals surface area contributed by atoms with Crippen LogP contribution in [0, 0.1) is 0 Å². The summed E-state index contributed by atoms with van der Waals surface area (Å²) >= 11 is 1.13. The second-order valence-electron chi connectivity index (χ2n) is 3.32. The predicted octanol–water partition coefficient (Wildman–Crippen LogP) is 0.260. The van der Waals surface area contributed by atoms with Gasteiger partial charge in [0.05, 0.1) is 11.9 Å². The summed E-state index contributed by atoms with van der Waals surface area (Å²) in [6.07, 6.45) is 0. The first-order valence-corrected chi connectivity index (χ1v) is 6.21. The van der Waals surface area contributed by atoms with E-state index in [1.807, 2.05) is 0 Å². The van der Waals surface area contributed by atoms with E-state index in [9.17, 15) is 14.4 Å². The van der Waals surface area contributed by atoms with Gasteiger partial charge in [-0.15, -0.1) is 11.8 Å². The van der Waals surface area contributed by atoms with Gasteiger partial charge in [-0.25, -0.2) is 4.79 Å². The molecule has 0 bridgehead atoms. The summed E-state index contributed by atoms with van der Waals surface area (Å²) in [6, 6.07) is -0.991. The topological polar surface area (TPSA) is 92.7 Å². The van der Waals surface area contributed by atoms with Crippen LogP contribution in [0.5, 0.6) is 0 Å². The van der Waals surface area contributed by atoms with Crippen molar-refractivity contribution in [1.29, 1.82) is 0 Å². The van der Waals surface area contributed by atoms with Crippen molar-refractivity contribution in [2.24, 2.45) is 0 Å². The third-order valence-corrected chi connectivity index (χ3v) is 3.03. The maximum atomic E-state index is 11.3. The lowest BCUT2D eigenvalue weighted by molar-refractivity contribution is -0.142. The van der Waals surface area contributed by atoms with Crippen molar-refractivity contribution in [2.75, 3.05) is 12.4 Å². The first-order chi connectivity index (χ1) is 7.88. The van der Waals surface area contributed by atoms with Crippen molar-refractivity contribution in [2.45, 2.75) is 32.1 Å². The number of carboxylic acid groups (broad SMARTS) is 1. The second kappa shape index (κ2) is 7.94. The Labute approximate surface area is 104 Å². The lowest BCUT2D eigenvalue weighted by Gasteiger charge is -2.15. The van der Waals surface area contributed by atoms with Crippen molar-refractivity contribution >= 4 is 29.6 Å². The fourth-order valence-electron chi connectivity index (χ4n) is 0.988. The van der Waals surface area contributed by atoms with Crippen LogP contribution in [0.2, 0.25) is 0 Å². The molecule has 0 radical (unpaired) electrons. The van der Waals surface area contributed by atoms with Gasteiger partial charge >= 0.3 is 11.9 Å². The molecule has 0 spiro atoms. The third kappa shape index (κ3) is 6.83. The minimum atomic E-state index is -1.12. The molecule has 0 aromatic rings. The van der Waals surface area contributed by atoms with E-state index in [1.165, 1.54) is 6.92 Å². The largest absolute Gasteiger partial charge is 0.480 e. The van der Waals surface area contributed by atoms with Gasteiger partial charge in [-0.3, -0.25) is 9.59 Å². The molecule has 1 amide bonds. The Morgan fingerprint density at radius 3 is 2.41 bits per heavy atom. The first-order valence-electron chi connectivity index (χ1n) is 5.16. The molecule has 6 nitrogen and oxygen atoms in total. The minimum Gasteiger partial charge on any atom is -0.480 e. The van der Waals surface area contributed by atoms with Gasteiger partial charge in [0, 0.05) is 12.7 Å². The number of carboxylic acids is 1. The average Bonchev–Trinajstić information content (AvgIpc) is 2.23. The monoisotopic (exact) mass is 263 g/mol. The van der Waals surface area contributed by atoms with Crippen LogP contribution in [0.3, 0.4) is 0 Å². The number of aliphatic carboxylic acids is 1. The highest BCUT2D eigenvalue weighted by Gasteiger charge is 2.22. The number of carbonyl (C=O) groups is 3. The Bertz CT molecular complexity index is 294. The maximum absolute atomic E-state index is 11.3. The minimum absolute atomic E-state index is 0.120. The number of amides is 1. The average molecular weight is 263 g/mol. The van der Waals surface area contributed by atoms with Gasteiger partial charge in [-0.2, -0.15) is 0 Å². The highest BCUT2D eigenvalue weighted by Crippen LogP contribution is 2.13. The summed E-state index contributed by atoms with van der Waals surface area (Å²) in [4.78, 5) is 32.8. The summed E-state index contributed by atoms with van der Waals surface area (Å²) in [5.74, 6) is -1.80. The number of esters is 1.